The number of nitrogens with zero attached hydrogens (tertiary/aromatic N) is 4. The number of halogens is 1. The molecule has 1 N–H and O–H groups in total. The van der Waals surface area contributed by atoms with Crippen molar-refractivity contribution in [2.24, 2.45) is 0 Å². The molecule has 0 saturated heterocycles. The van der Waals surface area contributed by atoms with Gasteiger partial charge in [0.2, 0.25) is 5.91 Å². The number of amides is 1. The molecule has 1 aromatic heterocycles. The maximum absolute atomic E-state index is 12.1. The Balaban J connectivity index is 1.92. The number of likely N-dealkylation sites (N-methyl/N-ethyl adjacent to an activating group) is 1. The van der Waals surface area contributed by atoms with Crippen LogP contribution in [-0.2, 0) is 17.9 Å². The molecule has 9 heteroatoms. The maximum atomic E-state index is 12.1. The topological polar surface area (TPSA) is 93.3 Å². The van der Waals surface area contributed by atoms with E-state index in [2.05, 4.69) is 10.4 Å². The largest absolute Gasteiger partial charge is 0.325 e. The smallest absolute Gasteiger partial charge is 0.289 e. The average Bonchev–Trinajstić information content (AvgIpc) is 2.96. The van der Waals surface area contributed by atoms with Crippen LogP contribution in [0.3, 0.4) is 0 Å². The number of carbonyl (C=O) groups is 1. The molecule has 0 fully saturated rings. The van der Waals surface area contributed by atoms with Gasteiger partial charge >= 0.3 is 0 Å². The molecule has 1 amide bonds. The Morgan fingerprint density at radius 1 is 1.50 bits per heavy atom. The van der Waals surface area contributed by atoms with E-state index >= 15 is 0 Å². The number of aromatic nitrogens is 2. The summed E-state index contributed by atoms with van der Waals surface area (Å²) < 4.78 is 1.82. The molecule has 128 valence electrons. The Hall–Kier alpha value is -2.45. The summed E-state index contributed by atoms with van der Waals surface area (Å²) in [5.74, 6) is -0.267. The van der Waals surface area contributed by atoms with Gasteiger partial charge in [0.15, 0.2) is 0 Å². The predicted molar refractivity (Wildman–Crippen MR) is 91.0 cm³/mol. The van der Waals surface area contributed by atoms with Crippen LogP contribution in [0, 0.1) is 10.1 Å². The van der Waals surface area contributed by atoms with Crippen LogP contribution in [0.4, 0.5) is 11.4 Å². The summed E-state index contributed by atoms with van der Waals surface area (Å²) in [6, 6.07) is 4.15. The number of benzene rings is 1. The molecule has 24 heavy (non-hydrogen) atoms. The van der Waals surface area contributed by atoms with Crippen molar-refractivity contribution < 1.29 is 9.72 Å². The average molecular weight is 352 g/mol. The van der Waals surface area contributed by atoms with E-state index in [4.69, 9.17) is 11.6 Å². The van der Waals surface area contributed by atoms with Gasteiger partial charge in [-0.2, -0.15) is 5.10 Å². The molecule has 2 aromatic rings. The van der Waals surface area contributed by atoms with Crippen LogP contribution >= 0.6 is 11.6 Å². The summed E-state index contributed by atoms with van der Waals surface area (Å²) in [7, 11) is 1.81. The van der Waals surface area contributed by atoms with Gasteiger partial charge in [-0.05, 0) is 26.1 Å². The number of hydrogen-bond acceptors (Lipinski definition) is 5. The second-order valence-corrected chi connectivity index (χ2v) is 5.76. The van der Waals surface area contributed by atoms with E-state index in [1.165, 1.54) is 18.2 Å². The molecule has 0 aliphatic heterocycles. The zero-order valence-electron chi connectivity index (χ0n) is 13.4. The number of anilines is 1. The first-order valence-electron chi connectivity index (χ1n) is 7.32. The van der Waals surface area contributed by atoms with Gasteiger partial charge in [-0.3, -0.25) is 24.5 Å². The molecule has 0 saturated carbocycles. The molecule has 1 aromatic carbocycles. The fourth-order valence-electron chi connectivity index (χ4n) is 2.20. The number of nitrogens with one attached hydrogen (secondary N) is 1. The molecule has 0 bridgehead atoms. The van der Waals surface area contributed by atoms with Gasteiger partial charge in [0, 0.05) is 36.6 Å². The first kappa shape index (κ1) is 17.9. The third-order valence-corrected chi connectivity index (χ3v) is 3.62. The Labute approximate surface area is 144 Å². The van der Waals surface area contributed by atoms with Crippen LogP contribution in [0.5, 0.6) is 0 Å². The van der Waals surface area contributed by atoms with Gasteiger partial charge < -0.3 is 5.32 Å². The highest BCUT2D eigenvalue weighted by molar-refractivity contribution is 6.32. The predicted octanol–water partition coefficient (Wildman–Crippen LogP) is 2.54. The Morgan fingerprint density at radius 2 is 2.25 bits per heavy atom. The fraction of sp³-hybridized carbons (Fsp3) is 0.333. The number of aryl methyl sites for hydroxylation is 1. The molecule has 0 aliphatic carbocycles. The lowest BCUT2D eigenvalue weighted by molar-refractivity contribution is -0.384. The summed E-state index contributed by atoms with van der Waals surface area (Å²) in [5, 5.41) is 17.7. The second kappa shape index (κ2) is 7.89. The normalized spacial score (nSPS) is 10.8. The van der Waals surface area contributed by atoms with Gasteiger partial charge in [0.05, 0.1) is 17.7 Å². The van der Waals surface area contributed by atoms with E-state index in [0.717, 1.165) is 12.1 Å². The van der Waals surface area contributed by atoms with Gasteiger partial charge in [-0.1, -0.05) is 11.6 Å². The second-order valence-electron chi connectivity index (χ2n) is 5.35. The van der Waals surface area contributed by atoms with Crippen molar-refractivity contribution in [2.75, 3.05) is 18.9 Å². The number of nitro benzene ring substituents is 1. The molecular formula is C15H18ClN5O3. The molecule has 1 heterocycles. The number of hydrogen-bond donors (Lipinski definition) is 1. The highest BCUT2D eigenvalue weighted by Crippen LogP contribution is 2.27. The Bertz CT molecular complexity index is 746. The summed E-state index contributed by atoms with van der Waals surface area (Å²) >= 11 is 5.75. The number of carbonyl (C=O) groups excluding carboxylic acids is 1. The zero-order chi connectivity index (χ0) is 17.7. The van der Waals surface area contributed by atoms with E-state index in [1.54, 1.807) is 6.20 Å². The van der Waals surface area contributed by atoms with E-state index in [9.17, 15) is 14.9 Å². The lowest BCUT2D eigenvalue weighted by atomic mass is 10.2. The minimum atomic E-state index is -0.588. The molecule has 8 nitrogen and oxygen atoms in total. The number of nitro groups is 1. The summed E-state index contributed by atoms with van der Waals surface area (Å²) in [6.07, 6.45) is 3.69. The van der Waals surface area contributed by atoms with Crippen LogP contribution in [0.25, 0.3) is 0 Å². The minimum Gasteiger partial charge on any atom is -0.325 e. The summed E-state index contributed by atoms with van der Waals surface area (Å²) in [6.45, 7) is 3.51. The first-order chi connectivity index (χ1) is 11.4. The highest BCUT2D eigenvalue weighted by atomic mass is 35.5. The van der Waals surface area contributed by atoms with Crippen LogP contribution in [-0.4, -0.2) is 39.1 Å². The van der Waals surface area contributed by atoms with Crippen molar-refractivity contribution >= 4 is 28.9 Å². The van der Waals surface area contributed by atoms with Crippen LogP contribution in [0.1, 0.15) is 12.5 Å². The lowest BCUT2D eigenvalue weighted by Gasteiger charge is -2.15. The zero-order valence-corrected chi connectivity index (χ0v) is 14.2. The molecule has 0 aliphatic rings. The van der Waals surface area contributed by atoms with Gasteiger partial charge in [0.1, 0.15) is 5.02 Å². The van der Waals surface area contributed by atoms with Crippen LogP contribution in [0.2, 0.25) is 5.02 Å². The van der Waals surface area contributed by atoms with Crippen molar-refractivity contribution in [2.45, 2.75) is 20.0 Å². The fourth-order valence-corrected chi connectivity index (χ4v) is 2.39. The monoisotopic (exact) mass is 351 g/mol. The molecule has 0 unspecified atom stereocenters. The molecular weight excluding hydrogens is 334 g/mol. The van der Waals surface area contributed by atoms with Crippen molar-refractivity contribution in [1.29, 1.82) is 0 Å². The SMILES string of the molecule is CCn1cc(CN(C)CC(=O)Nc2ccc(Cl)c([N+](=O)[O-])c2)cn1. The molecule has 2 rings (SSSR count). The standard InChI is InChI=1S/C15H18ClN5O3/c1-3-20-9-11(7-17-20)8-19(2)10-15(22)18-12-4-5-13(16)14(6-12)21(23)24/h4-7,9H,3,8,10H2,1-2H3,(H,18,22). The van der Waals surface area contributed by atoms with Crippen molar-refractivity contribution in [3.8, 4) is 0 Å². The first-order valence-corrected chi connectivity index (χ1v) is 7.70. The van der Waals surface area contributed by atoms with Crippen molar-refractivity contribution in [3.05, 3.63) is 51.3 Å². The maximum Gasteiger partial charge on any atom is 0.289 e. The quantitative estimate of drug-likeness (QED) is 0.611. The Kier molecular flexibility index (Phi) is 5.88. The summed E-state index contributed by atoms with van der Waals surface area (Å²) in [4.78, 5) is 24.2. The Morgan fingerprint density at radius 3 is 2.88 bits per heavy atom. The van der Waals surface area contributed by atoms with Crippen molar-refractivity contribution in [1.82, 2.24) is 14.7 Å². The van der Waals surface area contributed by atoms with E-state index < -0.39 is 4.92 Å². The van der Waals surface area contributed by atoms with Gasteiger partial charge in [-0.15, -0.1) is 0 Å². The van der Waals surface area contributed by atoms with Crippen molar-refractivity contribution in [3.63, 3.8) is 0 Å². The molecule has 0 spiro atoms. The highest BCUT2D eigenvalue weighted by Gasteiger charge is 2.14. The van der Waals surface area contributed by atoms with Crippen LogP contribution < -0.4 is 5.32 Å². The number of rotatable bonds is 7. The lowest BCUT2D eigenvalue weighted by Crippen LogP contribution is -2.29. The van der Waals surface area contributed by atoms with E-state index in [0.29, 0.717) is 12.2 Å². The van der Waals surface area contributed by atoms with E-state index in [1.807, 2.05) is 29.7 Å². The van der Waals surface area contributed by atoms with Gasteiger partial charge in [-0.25, -0.2) is 0 Å². The third kappa shape index (κ3) is 4.77. The summed E-state index contributed by atoms with van der Waals surface area (Å²) in [5.41, 5.74) is 1.10. The third-order valence-electron chi connectivity index (χ3n) is 3.30. The van der Waals surface area contributed by atoms with Crippen LogP contribution in [0.15, 0.2) is 30.6 Å². The molecule has 0 atom stereocenters. The van der Waals surface area contributed by atoms with Gasteiger partial charge in [0.25, 0.3) is 5.69 Å². The molecule has 0 radical (unpaired) electrons. The van der Waals surface area contributed by atoms with E-state index in [-0.39, 0.29) is 23.2 Å². The minimum absolute atomic E-state index is 0.0306.